The molecular weight excluding hydrogens is 306 g/mol. The number of carbonyl (C=O) groups excluding carboxylic acids is 2. The van der Waals surface area contributed by atoms with E-state index in [4.69, 9.17) is 4.74 Å². The van der Waals surface area contributed by atoms with Gasteiger partial charge in [-0.25, -0.2) is 4.79 Å². The van der Waals surface area contributed by atoms with Crippen molar-refractivity contribution in [1.82, 2.24) is 5.32 Å². The lowest BCUT2D eigenvalue weighted by atomic mass is 10.2. The molecule has 2 N–H and O–H groups in total. The Morgan fingerprint density at radius 1 is 1.33 bits per heavy atom. The van der Waals surface area contributed by atoms with Gasteiger partial charge in [-0.15, -0.1) is 0 Å². The molecule has 24 heavy (non-hydrogen) atoms. The van der Waals surface area contributed by atoms with Crippen LogP contribution in [0.5, 0.6) is 0 Å². The van der Waals surface area contributed by atoms with E-state index in [1.165, 1.54) is 0 Å². The van der Waals surface area contributed by atoms with E-state index in [9.17, 15) is 9.59 Å². The quantitative estimate of drug-likeness (QED) is 0.893. The van der Waals surface area contributed by atoms with Crippen LogP contribution in [0.3, 0.4) is 0 Å². The zero-order chi connectivity index (χ0) is 17.3. The number of nitrogens with zero attached hydrogens (tertiary/aromatic N) is 1. The zero-order valence-corrected chi connectivity index (χ0v) is 14.5. The summed E-state index contributed by atoms with van der Waals surface area (Å²) in [7, 11) is 0. The summed E-state index contributed by atoms with van der Waals surface area (Å²) in [5.74, 6) is 0.465. The summed E-state index contributed by atoms with van der Waals surface area (Å²) in [6, 6.07) is 7.12. The van der Waals surface area contributed by atoms with Crippen molar-refractivity contribution in [1.29, 1.82) is 0 Å². The third-order valence-electron chi connectivity index (χ3n) is 4.08. The molecule has 0 bridgehead atoms. The van der Waals surface area contributed by atoms with Crippen LogP contribution < -0.4 is 15.5 Å². The van der Waals surface area contributed by atoms with Crippen LogP contribution in [0.25, 0.3) is 0 Å². The molecule has 0 spiro atoms. The van der Waals surface area contributed by atoms with E-state index < -0.39 is 17.7 Å². The van der Waals surface area contributed by atoms with Crippen molar-refractivity contribution in [2.75, 3.05) is 23.3 Å². The number of hydrogen-bond donors (Lipinski definition) is 2. The van der Waals surface area contributed by atoms with Gasteiger partial charge in [-0.05, 0) is 51.7 Å². The largest absolute Gasteiger partial charge is 0.444 e. The molecule has 1 aliphatic heterocycles. The number of rotatable bonds is 3. The second-order valence-electron chi connectivity index (χ2n) is 7.49. The summed E-state index contributed by atoms with van der Waals surface area (Å²) < 4.78 is 5.29. The fraction of sp³-hybridized carbons (Fsp3) is 0.556. The molecule has 1 unspecified atom stereocenters. The van der Waals surface area contributed by atoms with Crippen molar-refractivity contribution in [3.63, 3.8) is 0 Å². The van der Waals surface area contributed by atoms with Crippen LogP contribution in [0.2, 0.25) is 0 Å². The van der Waals surface area contributed by atoms with Gasteiger partial charge in [0, 0.05) is 13.1 Å². The Bertz CT molecular complexity index is 635. The number of amides is 2. The number of alkyl carbamates (subject to hydrolysis) is 1. The highest BCUT2D eigenvalue weighted by Gasteiger charge is 2.35. The highest BCUT2D eigenvalue weighted by Crippen LogP contribution is 2.35. The van der Waals surface area contributed by atoms with Gasteiger partial charge in [0.2, 0.25) is 0 Å². The summed E-state index contributed by atoms with van der Waals surface area (Å²) >= 11 is 0. The average molecular weight is 331 g/mol. The second-order valence-corrected chi connectivity index (χ2v) is 7.49. The van der Waals surface area contributed by atoms with Crippen LogP contribution in [-0.4, -0.2) is 36.7 Å². The van der Waals surface area contributed by atoms with Crippen LogP contribution in [-0.2, 0) is 9.53 Å². The van der Waals surface area contributed by atoms with E-state index in [1.54, 1.807) is 25.7 Å². The number of benzene rings is 1. The normalized spacial score (nSPS) is 20.7. The molecule has 1 heterocycles. The number of carbonyl (C=O) groups is 2. The third kappa shape index (κ3) is 3.99. The summed E-state index contributed by atoms with van der Waals surface area (Å²) in [6.07, 6.45) is 1.74. The minimum Gasteiger partial charge on any atom is -0.444 e. The van der Waals surface area contributed by atoms with Gasteiger partial charge in [0.15, 0.2) is 0 Å². The number of para-hydroxylation sites is 2. The van der Waals surface area contributed by atoms with E-state index in [0.29, 0.717) is 19.0 Å². The molecule has 0 aromatic heterocycles. The molecule has 130 valence electrons. The number of ether oxygens (including phenoxy) is 1. The van der Waals surface area contributed by atoms with Crippen LogP contribution >= 0.6 is 0 Å². The molecule has 2 aliphatic rings. The van der Waals surface area contributed by atoms with Gasteiger partial charge in [0.05, 0.1) is 11.4 Å². The summed E-state index contributed by atoms with van der Waals surface area (Å²) in [5.41, 5.74) is 1.20. The Morgan fingerprint density at radius 3 is 2.71 bits per heavy atom. The lowest BCUT2D eigenvalue weighted by molar-refractivity contribution is -0.120. The third-order valence-corrected chi connectivity index (χ3v) is 4.08. The van der Waals surface area contributed by atoms with Crippen LogP contribution in [0, 0.1) is 5.92 Å². The predicted molar refractivity (Wildman–Crippen MR) is 93.2 cm³/mol. The molecule has 2 amide bonds. The van der Waals surface area contributed by atoms with Crippen LogP contribution in [0.15, 0.2) is 24.3 Å². The lowest BCUT2D eigenvalue weighted by Gasteiger charge is -2.26. The van der Waals surface area contributed by atoms with Gasteiger partial charge in [0.25, 0.3) is 5.91 Å². The van der Waals surface area contributed by atoms with E-state index in [1.807, 2.05) is 24.3 Å². The van der Waals surface area contributed by atoms with Gasteiger partial charge >= 0.3 is 6.09 Å². The van der Waals surface area contributed by atoms with Gasteiger partial charge in [-0.2, -0.15) is 0 Å². The molecule has 3 rings (SSSR count). The smallest absolute Gasteiger partial charge is 0.408 e. The maximum absolute atomic E-state index is 13.0. The first-order valence-corrected chi connectivity index (χ1v) is 8.47. The average Bonchev–Trinajstić information content (AvgIpc) is 3.31. The molecule has 0 saturated heterocycles. The Morgan fingerprint density at radius 2 is 2.04 bits per heavy atom. The number of hydrogen-bond acceptors (Lipinski definition) is 4. The van der Waals surface area contributed by atoms with Gasteiger partial charge in [-0.3, -0.25) is 4.79 Å². The van der Waals surface area contributed by atoms with Crippen molar-refractivity contribution in [2.45, 2.75) is 45.3 Å². The number of anilines is 2. The summed E-state index contributed by atoms with van der Waals surface area (Å²) in [4.78, 5) is 26.9. The monoisotopic (exact) mass is 331 g/mol. The molecule has 0 radical (unpaired) electrons. The first-order chi connectivity index (χ1) is 11.3. The van der Waals surface area contributed by atoms with Crippen LogP contribution in [0.4, 0.5) is 16.2 Å². The minimum atomic E-state index is -0.647. The number of fused-ring (bicyclic) bond motifs is 1. The van der Waals surface area contributed by atoms with Crippen molar-refractivity contribution >= 4 is 23.4 Å². The van der Waals surface area contributed by atoms with Crippen LogP contribution in [0.1, 0.15) is 33.6 Å². The Hall–Kier alpha value is -2.24. The first-order valence-electron chi connectivity index (χ1n) is 8.47. The maximum atomic E-state index is 13.0. The Labute approximate surface area is 142 Å². The van der Waals surface area contributed by atoms with Gasteiger partial charge < -0.3 is 20.3 Å². The first kappa shape index (κ1) is 16.6. The number of nitrogens with one attached hydrogen (secondary N) is 2. The highest BCUT2D eigenvalue weighted by atomic mass is 16.6. The van der Waals surface area contributed by atoms with E-state index in [-0.39, 0.29) is 5.91 Å². The SMILES string of the molecule is CC(C)(C)OC(=O)NC1CNc2ccccc2N(CC2CC2)C1=O. The predicted octanol–water partition coefficient (Wildman–Crippen LogP) is 2.75. The van der Waals surface area contributed by atoms with Crippen molar-refractivity contribution in [3.8, 4) is 0 Å². The zero-order valence-electron chi connectivity index (χ0n) is 14.5. The topological polar surface area (TPSA) is 70.7 Å². The minimum absolute atomic E-state index is 0.0924. The lowest BCUT2D eigenvalue weighted by Crippen LogP contribution is -2.52. The van der Waals surface area contributed by atoms with Crippen molar-refractivity contribution < 1.29 is 14.3 Å². The van der Waals surface area contributed by atoms with Crippen molar-refractivity contribution in [3.05, 3.63) is 24.3 Å². The molecular formula is C18H25N3O3. The molecule has 1 atom stereocenters. The second kappa shape index (κ2) is 6.34. The molecule has 6 nitrogen and oxygen atoms in total. The summed E-state index contributed by atoms with van der Waals surface area (Å²) in [5, 5.41) is 5.97. The Balaban J connectivity index is 1.78. The molecule has 1 aromatic carbocycles. The molecule has 1 saturated carbocycles. The maximum Gasteiger partial charge on any atom is 0.408 e. The fourth-order valence-corrected chi connectivity index (χ4v) is 2.77. The molecule has 1 fully saturated rings. The van der Waals surface area contributed by atoms with E-state index in [2.05, 4.69) is 10.6 Å². The standard InChI is InChI=1S/C18H25N3O3/c1-18(2,3)24-17(23)20-14-10-19-13-6-4-5-7-15(13)21(16(14)22)11-12-8-9-12/h4-7,12,14,19H,8-11H2,1-3H3,(H,20,23). The Kier molecular flexibility index (Phi) is 4.39. The van der Waals surface area contributed by atoms with E-state index in [0.717, 1.165) is 24.2 Å². The molecule has 1 aromatic rings. The van der Waals surface area contributed by atoms with Gasteiger partial charge in [-0.1, -0.05) is 12.1 Å². The van der Waals surface area contributed by atoms with Gasteiger partial charge in [0.1, 0.15) is 11.6 Å². The molecule has 6 heteroatoms. The summed E-state index contributed by atoms with van der Waals surface area (Å²) in [6.45, 7) is 6.44. The fourth-order valence-electron chi connectivity index (χ4n) is 2.77. The van der Waals surface area contributed by atoms with E-state index >= 15 is 0 Å². The van der Waals surface area contributed by atoms with Crippen molar-refractivity contribution in [2.24, 2.45) is 5.92 Å². The highest BCUT2D eigenvalue weighted by molar-refractivity contribution is 6.02. The molecule has 1 aliphatic carbocycles.